The van der Waals surface area contributed by atoms with Gasteiger partial charge in [0.05, 0.1) is 0 Å². The average Bonchev–Trinajstić information content (AvgIpc) is 2.46. The molecule has 0 saturated carbocycles. The van der Waals surface area contributed by atoms with E-state index in [0.29, 0.717) is 5.92 Å². The molecule has 0 aliphatic heterocycles. The zero-order valence-electron chi connectivity index (χ0n) is 12.6. The summed E-state index contributed by atoms with van der Waals surface area (Å²) in [6.45, 7) is 5.35. The van der Waals surface area contributed by atoms with Crippen LogP contribution >= 0.6 is 0 Å². The lowest BCUT2D eigenvalue weighted by molar-refractivity contribution is 0.647. The van der Waals surface area contributed by atoms with Crippen LogP contribution in [-0.4, -0.2) is 7.05 Å². The standard InChI is InChI=1S/C18H24N2/c1-14(2)11-15-7-9-17(10-8-15)20-13-16-5-4-6-18(12-16)19-3/h4-10,12,14,19-20H,11,13H2,1-3H3. The summed E-state index contributed by atoms with van der Waals surface area (Å²) >= 11 is 0. The molecule has 0 radical (unpaired) electrons. The third-order valence-corrected chi connectivity index (χ3v) is 3.31. The molecule has 0 fully saturated rings. The van der Waals surface area contributed by atoms with E-state index in [4.69, 9.17) is 0 Å². The maximum atomic E-state index is 3.47. The quantitative estimate of drug-likeness (QED) is 0.803. The van der Waals surface area contributed by atoms with Crippen LogP contribution in [0.15, 0.2) is 48.5 Å². The summed E-state index contributed by atoms with van der Waals surface area (Å²) in [5.74, 6) is 0.707. The van der Waals surface area contributed by atoms with Crippen molar-refractivity contribution in [1.82, 2.24) is 0 Å². The molecule has 0 aliphatic carbocycles. The minimum absolute atomic E-state index is 0.707. The van der Waals surface area contributed by atoms with E-state index in [1.165, 1.54) is 16.8 Å². The number of rotatable bonds is 6. The Bertz CT molecular complexity index is 529. The molecule has 2 aromatic carbocycles. The second-order valence-corrected chi connectivity index (χ2v) is 5.60. The van der Waals surface area contributed by atoms with E-state index in [1.54, 1.807) is 0 Å². The Kier molecular flexibility index (Phi) is 5.05. The fourth-order valence-electron chi connectivity index (χ4n) is 2.27. The summed E-state index contributed by atoms with van der Waals surface area (Å²) in [5, 5.41) is 6.63. The summed E-state index contributed by atoms with van der Waals surface area (Å²) in [6, 6.07) is 17.2. The average molecular weight is 268 g/mol. The van der Waals surface area contributed by atoms with Gasteiger partial charge in [-0.05, 0) is 47.7 Å². The van der Waals surface area contributed by atoms with Gasteiger partial charge in [0.2, 0.25) is 0 Å². The van der Waals surface area contributed by atoms with E-state index in [9.17, 15) is 0 Å². The van der Waals surface area contributed by atoms with Crippen molar-refractivity contribution in [1.29, 1.82) is 0 Å². The molecule has 0 saturated heterocycles. The van der Waals surface area contributed by atoms with E-state index in [-0.39, 0.29) is 0 Å². The van der Waals surface area contributed by atoms with E-state index in [0.717, 1.165) is 18.7 Å². The van der Waals surface area contributed by atoms with Gasteiger partial charge in [-0.3, -0.25) is 0 Å². The lowest BCUT2D eigenvalue weighted by Crippen LogP contribution is -2.00. The molecule has 0 unspecified atom stereocenters. The number of hydrogen-bond donors (Lipinski definition) is 2. The predicted octanol–water partition coefficient (Wildman–Crippen LogP) is 4.54. The number of hydrogen-bond acceptors (Lipinski definition) is 2. The van der Waals surface area contributed by atoms with Crippen LogP contribution in [0.2, 0.25) is 0 Å². The zero-order valence-corrected chi connectivity index (χ0v) is 12.6. The summed E-state index contributed by atoms with van der Waals surface area (Å²) in [4.78, 5) is 0. The van der Waals surface area contributed by atoms with Gasteiger partial charge < -0.3 is 10.6 Å². The van der Waals surface area contributed by atoms with Gasteiger partial charge in [0.1, 0.15) is 0 Å². The van der Waals surface area contributed by atoms with Crippen LogP contribution in [-0.2, 0) is 13.0 Å². The third kappa shape index (κ3) is 4.30. The summed E-state index contributed by atoms with van der Waals surface area (Å²) in [7, 11) is 1.94. The van der Waals surface area contributed by atoms with Gasteiger partial charge in [0.15, 0.2) is 0 Å². The lowest BCUT2D eigenvalue weighted by Gasteiger charge is -2.10. The van der Waals surface area contributed by atoms with Gasteiger partial charge in [0.25, 0.3) is 0 Å². The second kappa shape index (κ2) is 6.99. The van der Waals surface area contributed by atoms with E-state index in [2.05, 4.69) is 73.0 Å². The van der Waals surface area contributed by atoms with Gasteiger partial charge in [-0.2, -0.15) is 0 Å². The number of anilines is 2. The number of benzene rings is 2. The van der Waals surface area contributed by atoms with E-state index < -0.39 is 0 Å². The lowest BCUT2D eigenvalue weighted by atomic mass is 10.0. The van der Waals surface area contributed by atoms with Gasteiger partial charge in [0, 0.05) is 25.0 Å². The first-order chi connectivity index (χ1) is 9.67. The molecule has 0 atom stereocenters. The van der Waals surface area contributed by atoms with Crippen molar-refractivity contribution in [3.05, 3.63) is 59.7 Å². The maximum absolute atomic E-state index is 3.47. The molecule has 2 nitrogen and oxygen atoms in total. The molecular formula is C18H24N2. The molecule has 106 valence electrons. The first kappa shape index (κ1) is 14.4. The Morgan fingerprint density at radius 1 is 0.900 bits per heavy atom. The minimum atomic E-state index is 0.707. The topological polar surface area (TPSA) is 24.1 Å². The van der Waals surface area contributed by atoms with Gasteiger partial charge in [-0.1, -0.05) is 38.1 Å². The zero-order chi connectivity index (χ0) is 14.4. The first-order valence-corrected chi connectivity index (χ1v) is 7.27. The van der Waals surface area contributed by atoms with Crippen molar-refractivity contribution in [2.75, 3.05) is 17.7 Å². The van der Waals surface area contributed by atoms with Crippen LogP contribution in [0.4, 0.5) is 11.4 Å². The van der Waals surface area contributed by atoms with Crippen LogP contribution in [0.25, 0.3) is 0 Å². The molecule has 0 aliphatic rings. The van der Waals surface area contributed by atoms with Crippen LogP contribution in [0.3, 0.4) is 0 Å². The molecule has 0 heterocycles. The monoisotopic (exact) mass is 268 g/mol. The van der Waals surface area contributed by atoms with E-state index in [1.807, 2.05) is 7.05 Å². The minimum Gasteiger partial charge on any atom is -0.388 e. The normalized spacial score (nSPS) is 10.6. The van der Waals surface area contributed by atoms with Crippen LogP contribution < -0.4 is 10.6 Å². The Morgan fingerprint density at radius 2 is 1.65 bits per heavy atom. The van der Waals surface area contributed by atoms with Gasteiger partial charge >= 0.3 is 0 Å². The molecular weight excluding hydrogens is 244 g/mol. The Balaban J connectivity index is 1.93. The largest absolute Gasteiger partial charge is 0.388 e. The van der Waals surface area contributed by atoms with Crippen molar-refractivity contribution in [3.8, 4) is 0 Å². The van der Waals surface area contributed by atoms with Crippen molar-refractivity contribution in [2.24, 2.45) is 5.92 Å². The maximum Gasteiger partial charge on any atom is 0.0401 e. The van der Waals surface area contributed by atoms with Crippen molar-refractivity contribution >= 4 is 11.4 Å². The second-order valence-electron chi connectivity index (χ2n) is 5.60. The van der Waals surface area contributed by atoms with E-state index >= 15 is 0 Å². The Hall–Kier alpha value is -1.96. The van der Waals surface area contributed by atoms with Crippen molar-refractivity contribution in [2.45, 2.75) is 26.8 Å². The smallest absolute Gasteiger partial charge is 0.0401 e. The molecule has 2 N–H and O–H groups in total. The molecule has 0 aromatic heterocycles. The number of nitrogens with one attached hydrogen (secondary N) is 2. The molecule has 2 rings (SSSR count). The fraction of sp³-hybridized carbons (Fsp3) is 0.333. The highest BCUT2D eigenvalue weighted by Crippen LogP contribution is 2.15. The van der Waals surface area contributed by atoms with Crippen LogP contribution in [0, 0.1) is 5.92 Å². The molecule has 0 bridgehead atoms. The molecule has 0 amide bonds. The summed E-state index contributed by atoms with van der Waals surface area (Å²) in [5.41, 5.74) is 5.01. The Labute approximate surface area is 122 Å². The molecule has 0 spiro atoms. The van der Waals surface area contributed by atoms with Gasteiger partial charge in [-0.15, -0.1) is 0 Å². The van der Waals surface area contributed by atoms with Crippen LogP contribution in [0.5, 0.6) is 0 Å². The fourth-order valence-corrected chi connectivity index (χ4v) is 2.27. The SMILES string of the molecule is CNc1cccc(CNc2ccc(CC(C)C)cc2)c1. The van der Waals surface area contributed by atoms with Crippen molar-refractivity contribution < 1.29 is 0 Å². The highest BCUT2D eigenvalue weighted by atomic mass is 14.9. The summed E-state index contributed by atoms with van der Waals surface area (Å²) < 4.78 is 0. The Morgan fingerprint density at radius 3 is 2.30 bits per heavy atom. The molecule has 2 aromatic rings. The highest BCUT2D eigenvalue weighted by Gasteiger charge is 1.99. The van der Waals surface area contributed by atoms with Crippen molar-refractivity contribution in [3.63, 3.8) is 0 Å². The molecule has 2 heteroatoms. The first-order valence-electron chi connectivity index (χ1n) is 7.27. The van der Waals surface area contributed by atoms with Gasteiger partial charge in [-0.25, -0.2) is 0 Å². The molecule has 20 heavy (non-hydrogen) atoms. The summed E-state index contributed by atoms with van der Waals surface area (Å²) in [6.07, 6.45) is 1.14. The highest BCUT2D eigenvalue weighted by molar-refractivity contribution is 5.48. The predicted molar refractivity (Wildman–Crippen MR) is 88.3 cm³/mol. The van der Waals surface area contributed by atoms with Crippen LogP contribution in [0.1, 0.15) is 25.0 Å². The third-order valence-electron chi connectivity index (χ3n) is 3.31.